The first kappa shape index (κ1) is 22.7. The predicted molar refractivity (Wildman–Crippen MR) is 110 cm³/mol. The lowest BCUT2D eigenvalue weighted by Gasteiger charge is -2.11. The van der Waals surface area contributed by atoms with Crippen molar-refractivity contribution in [3.05, 3.63) is 59.7 Å². The quantitative estimate of drug-likeness (QED) is 0.577. The molecule has 0 unspecified atom stereocenters. The monoisotopic (exact) mass is 414 g/mol. The Hall–Kier alpha value is -3.55. The summed E-state index contributed by atoms with van der Waals surface area (Å²) in [5, 5.41) is 5.10. The summed E-state index contributed by atoms with van der Waals surface area (Å²) < 4.78 is 15.6. The summed E-state index contributed by atoms with van der Waals surface area (Å²) in [6.45, 7) is 3.28. The van der Waals surface area contributed by atoms with Crippen LogP contribution in [0.25, 0.3) is 0 Å². The van der Waals surface area contributed by atoms with Crippen molar-refractivity contribution in [1.29, 1.82) is 0 Å². The van der Waals surface area contributed by atoms with E-state index in [2.05, 4.69) is 10.6 Å². The number of rotatable bonds is 10. The Labute approximate surface area is 175 Å². The van der Waals surface area contributed by atoms with Crippen molar-refractivity contribution in [2.45, 2.75) is 26.5 Å². The Balaban J connectivity index is 1.70. The van der Waals surface area contributed by atoms with Crippen LogP contribution < -0.4 is 20.1 Å². The van der Waals surface area contributed by atoms with E-state index in [0.29, 0.717) is 17.1 Å². The number of ether oxygens (including phenoxy) is 3. The molecule has 0 saturated carbocycles. The molecule has 0 aliphatic carbocycles. The molecule has 0 aliphatic heterocycles. The fourth-order valence-corrected chi connectivity index (χ4v) is 2.50. The van der Waals surface area contributed by atoms with E-state index in [-0.39, 0.29) is 19.2 Å². The first-order valence-electron chi connectivity index (χ1n) is 9.48. The maximum atomic E-state index is 12.1. The number of amides is 2. The fraction of sp³-hybridized carbons (Fsp3) is 0.318. The van der Waals surface area contributed by atoms with Crippen LogP contribution in [-0.4, -0.2) is 44.1 Å². The van der Waals surface area contributed by atoms with Gasteiger partial charge in [0.25, 0.3) is 11.8 Å². The Morgan fingerprint density at radius 1 is 0.967 bits per heavy atom. The third-order valence-corrected chi connectivity index (χ3v) is 3.91. The summed E-state index contributed by atoms with van der Waals surface area (Å²) >= 11 is 0. The molecule has 2 rings (SSSR count). The number of carbonyl (C=O) groups is 3. The molecule has 0 fully saturated rings. The van der Waals surface area contributed by atoms with E-state index >= 15 is 0 Å². The van der Waals surface area contributed by atoms with E-state index in [1.54, 1.807) is 37.4 Å². The molecule has 0 heterocycles. The highest BCUT2D eigenvalue weighted by molar-refractivity contribution is 5.96. The predicted octanol–water partition coefficient (Wildman–Crippen LogP) is 2.07. The van der Waals surface area contributed by atoms with E-state index in [1.807, 2.05) is 32.0 Å². The van der Waals surface area contributed by atoms with Gasteiger partial charge in [-0.3, -0.25) is 14.4 Å². The number of methoxy groups -OCH3 is 1. The zero-order valence-corrected chi connectivity index (χ0v) is 17.3. The second-order valence-corrected chi connectivity index (χ2v) is 6.62. The van der Waals surface area contributed by atoms with Gasteiger partial charge < -0.3 is 24.8 Å². The molecule has 2 N–H and O–H groups in total. The van der Waals surface area contributed by atoms with Gasteiger partial charge in [0.1, 0.15) is 18.0 Å². The minimum Gasteiger partial charge on any atom is -0.496 e. The van der Waals surface area contributed by atoms with Crippen molar-refractivity contribution >= 4 is 17.8 Å². The van der Waals surface area contributed by atoms with Crippen LogP contribution in [0.15, 0.2) is 48.5 Å². The topological polar surface area (TPSA) is 103 Å². The third-order valence-electron chi connectivity index (χ3n) is 3.91. The minimum atomic E-state index is -0.712. The average molecular weight is 414 g/mol. The normalized spacial score (nSPS) is 10.3. The molecule has 8 nitrogen and oxygen atoms in total. The first-order chi connectivity index (χ1) is 14.4. The van der Waals surface area contributed by atoms with Crippen molar-refractivity contribution in [1.82, 2.24) is 10.6 Å². The summed E-state index contributed by atoms with van der Waals surface area (Å²) in [7, 11) is 1.55. The summed E-state index contributed by atoms with van der Waals surface area (Å²) in [4.78, 5) is 35.7. The number of hydrogen-bond acceptors (Lipinski definition) is 6. The van der Waals surface area contributed by atoms with Gasteiger partial charge in [0.15, 0.2) is 6.61 Å². The lowest BCUT2D eigenvalue weighted by atomic mass is 10.2. The molecule has 2 aromatic rings. The number of para-hydroxylation sites is 1. The van der Waals surface area contributed by atoms with Crippen LogP contribution >= 0.6 is 0 Å². The van der Waals surface area contributed by atoms with Crippen molar-refractivity contribution in [2.24, 2.45) is 0 Å². The largest absolute Gasteiger partial charge is 0.496 e. The second kappa shape index (κ2) is 11.5. The van der Waals surface area contributed by atoms with Crippen molar-refractivity contribution < 1.29 is 28.6 Å². The molecule has 0 aromatic heterocycles. The van der Waals surface area contributed by atoms with Gasteiger partial charge in [-0.05, 0) is 44.2 Å². The Morgan fingerprint density at radius 3 is 2.33 bits per heavy atom. The smallest absolute Gasteiger partial charge is 0.325 e. The number of esters is 1. The minimum absolute atomic E-state index is 0.0337. The van der Waals surface area contributed by atoms with Gasteiger partial charge in [-0.25, -0.2) is 0 Å². The highest BCUT2D eigenvalue weighted by Gasteiger charge is 2.12. The molecule has 8 heteroatoms. The van der Waals surface area contributed by atoms with Gasteiger partial charge in [0.2, 0.25) is 0 Å². The molecule has 0 atom stereocenters. The van der Waals surface area contributed by atoms with Crippen molar-refractivity contribution in [3.63, 3.8) is 0 Å². The van der Waals surface area contributed by atoms with Crippen LogP contribution in [0.5, 0.6) is 11.5 Å². The molecular weight excluding hydrogens is 388 g/mol. The molecule has 0 bridgehead atoms. The number of hydrogen-bond donors (Lipinski definition) is 2. The van der Waals surface area contributed by atoms with Crippen molar-refractivity contribution in [3.8, 4) is 11.5 Å². The molecule has 0 spiro atoms. The van der Waals surface area contributed by atoms with Crippen LogP contribution in [0.4, 0.5) is 0 Å². The van der Waals surface area contributed by atoms with E-state index in [9.17, 15) is 14.4 Å². The fourth-order valence-electron chi connectivity index (χ4n) is 2.50. The lowest BCUT2D eigenvalue weighted by Crippen LogP contribution is -2.33. The average Bonchev–Trinajstić information content (AvgIpc) is 2.74. The molecule has 0 aliphatic rings. The van der Waals surface area contributed by atoms with Crippen LogP contribution in [0.1, 0.15) is 29.8 Å². The first-order valence-corrected chi connectivity index (χ1v) is 9.48. The molecule has 0 radical (unpaired) electrons. The summed E-state index contributed by atoms with van der Waals surface area (Å²) in [6.07, 6.45) is 0.0337. The number of carbonyl (C=O) groups excluding carboxylic acids is 3. The summed E-state index contributed by atoms with van der Waals surface area (Å²) in [5.74, 6) is -0.290. The number of benzene rings is 2. The molecule has 2 aromatic carbocycles. The van der Waals surface area contributed by atoms with E-state index in [0.717, 1.165) is 5.56 Å². The number of nitrogens with one attached hydrogen (secondary N) is 2. The molecule has 0 saturated heterocycles. The highest BCUT2D eigenvalue weighted by Crippen LogP contribution is 2.16. The third kappa shape index (κ3) is 7.46. The Bertz CT molecular complexity index is 864. The van der Waals surface area contributed by atoms with E-state index in [1.165, 1.54) is 0 Å². The van der Waals surface area contributed by atoms with E-state index < -0.39 is 24.4 Å². The Morgan fingerprint density at radius 2 is 1.67 bits per heavy atom. The summed E-state index contributed by atoms with van der Waals surface area (Å²) in [5.41, 5.74) is 1.19. The zero-order valence-electron chi connectivity index (χ0n) is 17.3. The lowest BCUT2D eigenvalue weighted by molar-refractivity contribution is -0.147. The zero-order chi connectivity index (χ0) is 21.9. The second-order valence-electron chi connectivity index (χ2n) is 6.62. The highest BCUT2D eigenvalue weighted by atomic mass is 16.5. The molecule has 2 amide bonds. The SMILES string of the molecule is COc1ccccc1CNC(=O)COC(=O)CNC(=O)c1ccc(OC(C)C)cc1. The molecular formula is C22H26N2O6. The van der Waals surface area contributed by atoms with Crippen LogP contribution in [0.2, 0.25) is 0 Å². The van der Waals surface area contributed by atoms with Crippen LogP contribution in [0.3, 0.4) is 0 Å². The van der Waals surface area contributed by atoms with Crippen molar-refractivity contribution in [2.75, 3.05) is 20.3 Å². The molecule has 30 heavy (non-hydrogen) atoms. The standard InChI is InChI=1S/C22H26N2O6/c1-15(2)30-18-10-8-16(9-11-18)22(27)24-13-21(26)29-14-20(25)23-12-17-6-4-5-7-19(17)28-3/h4-11,15H,12-14H2,1-3H3,(H,23,25)(H,24,27). The Kier molecular flexibility index (Phi) is 8.68. The summed E-state index contributed by atoms with van der Waals surface area (Å²) in [6, 6.07) is 13.8. The van der Waals surface area contributed by atoms with Gasteiger partial charge in [-0.15, -0.1) is 0 Å². The van der Waals surface area contributed by atoms with Gasteiger partial charge in [-0.1, -0.05) is 18.2 Å². The van der Waals surface area contributed by atoms with Gasteiger partial charge in [-0.2, -0.15) is 0 Å². The molecule has 160 valence electrons. The maximum Gasteiger partial charge on any atom is 0.325 e. The van der Waals surface area contributed by atoms with Gasteiger partial charge >= 0.3 is 5.97 Å². The van der Waals surface area contributed by atoms with Crippen LogP contribution in [-0.2, 0) is 20.9 Å². The van der Waals surface area contributed by atoms with E-state index in [4.69, 9.17) is 14.2 Å². The van der Waals surface area contributed by atoms with Gasteiger partial charge in [0.05, 0.1) is 13.2 Å². The maximum absolute atomic E-state index is 12.1. The van der Waals surface area contributed by atoms with Crippen LogP contribution in [0, 0.1) is 0 Å². The van der Waals surface area contributed by atoms with Gasteiger partial charge in [0, 0.05) is 17.7 Å².